The summed E-state index contributed by atoms with van der Waals surface area (Å²) in [5.41, 5.74) is 0.425. The number of nitrogens with zero attached hydrogens (tertiary/aromatic N) is 1. The maximum absolute atomic E-state index is 13.2. The summed E-state index contributed by atoms with van der Waals surface area (Å²) >= 11 is 5.89. The minimum Gasteiger partial charge on any atom is -0.452 e. The van der Waals surface area contributed by atoms with Gasteiger partial charge in [0, 0.05) is 11.6 Å². The van der Waals surface area contributed by atoms with Crippen LogP contribution in [0.4, 0.5) is 5.69 Å². The molecule has 30 heavy (non-hydrogen) atoms. The zero-order valence-corrected chi connectivity index (χ0v) is 18.1. The third-order valence-corrected chi connectivity index (χ3v) is 6.02. The van der Waals surface area contributed by atoms with Gasteiger partial charge in [-0.15, -0.1) is 6.58 Å². The molecule has 0 saturated carbocycles. The molecule has 0 atom stereocenters. The van der Waals surface area contributed by atoms with Gasteiger partial charge < -0.3 is 10.1 Å². The molecule has 0 unspecified atom stereocenters. The fraction of sp³-hybridized carbons (Fsp3) is 0.238. The van der Waals surface area contributed by atoms with Crippen LogP contribution in [0.15, 0.2) is 66.1 Å². The van der Waals surface area contributed by atoms with E-state index in [0.29, 0.717) is 17.3 Å². The molecule has 1 N–H and O–H groups in total. The monoisotopic (exact) mass is 450 g/mol. The van der Waals surface area contributed by atoms with Crippen molar-refractivity contribution in [3.05, 3.63) is 71.8 Å². The van der Waals surface area contributed by atoms with Crippen molar-refractivity contribution in [2.45, 2.75) is 18.2 Å². The van der Waals surface area contributed by atoms with E-state index in [1.54, 1.807) is 24.3 Å². The summed E-state index contributed by atoms with van der Waals surface area (Å²) in [6.07, 6.45) is 2.22. The van der Waals surface area contributed by atoms with E-state index in [9.17, 15) is 18.0 Å². The number of nitrogens with one attached hydrogen (secondary N) is 1. The first-order chi connectivity index (χ1) is 14.3. The number of anilines is 1. The Morgan fingerprint density at radius 1 is 1.20 bits per heavy atom. The van der Waals surface area contributed by atoms with Gasteiger partial charge in [0.1, 0.15) is 0 Å². The van der Waals surface area contributed by atoms with Gasteiger partial charge in [0.25, 0.3) is 15.9 Å². The highest BCUT2D eigenvalue weighted by Gasteiger charge is 2.25. The molecule has 2 rings (SSSR count). The molecule has 0 aliphatic heterocycles. The normalized spacial score (nSPS) is 10.9. The second-order valence-corrected chi connectivity index (χ2v) is 8.55. The van der Waals surface area contributed by atoms with Crippen LogP contribution in [0, 0.1) is 0 Å². The predicted octanol–water partition coefficient (Wildman–Crippen LogP) is 3.40. The van der Waals surface area contributed by atoms with E-state index in [4.69, 9.17) is 16.3 Å². The van der Waals surface area contributed by atoms with E-state index < -0.39 is 28.5 Å². The standard InChI is InChI=1S/C21H23ClN2O5S/c1-3-12-23-20(25)15-29-21(26)16-6-5-7-19(14-16)30(27,28)24(13-4-2)18-10-8-17(22)9-11-18/h4-11,14H,2-3,12-13,15H2,1H3,(H,23,25). The summed E-state index contributed by atoms with van der Waals surface area (Å²) < 4.78 is 32.5. The van der Waals surface area contributed by atoms with Crippen LogP contribution in [0.2, 0.25) is 5.02 Å². The van der Waals surface area contributed by atoms with E-state index in [1.165, 1.54) is 30.3 Å². The van der Waals surface area contributed by atoms with Crippen LogP contribution in [0.25, 0.3) is 0 Å². The van der Waals surface area contributed by atoms with Gasteiger partial charge >= 0.3 is 5.97 Å². The first-order valence-electron chi connectivity index (χ1n) is 9.22. The molecule has 2 aromatic carbocycles. The van der Waals surface area contributed by atoms with Crippen LogP contribution in [0.1, 0.15) is 23.7 Å². The van der Waals surface area contributed by atoms with E-state index in [0.717, 1.165) is 10.7 Å². The molecule has 0 heterocycles. The molecule has 0 fully saturated rings. The Labute approximate surface area is 181 Å². The second-order valence-electron chi connectivity index (χ2n) is 6.26. The van der Waals surface area contributed by atoms with Crippen molar-refractivity contribution in [3.8, 4) is 0 Å². The molecular weight excluding hydrogens is 428 g/mol. The first-order valence-corrected chi connectivity index (χ1v) is 11.0. The molecule has 9 heteroatoms. The Kier molecular flexibility index (Phi) is 8.44. The summed E-state index contributed by atoms with van der Waals surface area (Å²) in [5.74, 6) is -1.21. The van der Waals surface area contributed by atoms with E-state index in [1.807, 2.05) is 6.92 Å². The lowest BCUT2D eigenvalue weighted by molar-refractivity contribution is -0.124. The minimum absolute atomic E-state index is 0.0222. The summed E-state index contributed by atoms with van der Waals surface area (Å²) in [7, 11) is -4.00. The fourth-order valence-electron chi connectivity index (χ4n) is 2.51. The lowest BCUT2D eigenvalue weighted by atomic mass is 10.2. The number of carbonyl (C=O) groups is 2. The summed E-state index contributed by atoms with van der Waals surface area (Å²) in [5, 5.41) is 3.06. The summed E-state index contributed by atoms with van der Waals surface area (Å²) in [4.78, 5) is 23.8. The highest BCUT2D eigenvalue weighted by atomic mass is 35.5. The second kappa shape index (κ2) is 10.8. The van der Waals surface area contributed by atoms with Crippen molar-refractivity contribution in [3.63, 3.8) is 0 Å². The number of carbonyl (C=O) groups excluding carboxylic acids is 2. The molecule has 1 amide bonds. The van der Waals surface area contributed by atoms with Crippen LogP contribution >= 0.6 is 11.6 Å². The van der Waals surface area contributed by atoms with Crippen LogP contribution in [-0.2, 0) is 19.6 Å². The topological polar surface area (TPSA) is 92.8 Å². The number of hydrogen-bond donors (Lipinski definition) is 1. The molecule has 0 radical (unpaired) electrons. The van der Waals surface area contributed by atoms with E-state index in [2.05, 4.69) is 11.9 Å². The number of sulfonamides is 1. The van der Waals surface area contributed by atoms with Gasteiger partial charge in [-0.3, -0.25) is 9.10 Å². The van der Waals surface area contributed by atoms with E-state index >= 15 is 0 Å². The SMILES string of the molecule is C=CCN(c1ccc(Cl)cc1)S(=O)(=O)c1cccc(C(=O)OCC(=O)NCCC)c1. The number of rotatable bonds is 10. The fourth-order valence-corrected chi connectivity index (χ4v) is 4.12. The molecular formula is C21H23ClN2O5S. The van der Waals surface area contributed by atoms with Gasteiger partial charge in [0.15, 0.2) is 6.61 Å². The average molecular weight is 451 g/mol. The van der Waals surface area contributed by atoms with Crippen molar-refractivity contribution in [2.24, 2.45) is 0 Å². The first kappa shape index (κ1) is 23.4. The maximum atomic E-state index is 13.2. The number of ether oxygens (including phenoxy) is 1. The summed E-state index contributed by atoms with van der Waals surface area (Å²) in [6, 6.07) is 11.8. The highest BCUT2D eigenvalue weighted by molar-refractivity contribution is 7.92. The molecule has 0 bridgehead atoms. The molecule has 0 aliphatic rings. The van der Waals surface area contributed by atoms with Gasteiger partial charge in [0.2, 0.25) is 0 Å². The highest BCUT2D eigenvalue weighted by Crippen LogP contribution is 2.25. The summed E-state index contributed by atoms with van der Waals surface area (Å²) in [6.45, 7) is 5.58. The van der Waals surface area contributed by atoms with Crippen molar-refractivity contribution in [1.29, 1.82) is 0 Å². The Hall–Kier alpha value is -2.84. The van der Waals surface area contributed by atoms with Crippen LogP contribution < -0.4 is 9.62 Å². The van der Waals surface area contributed by atoms with Gasteiger partial charge in [-0.1, -0.05) is 30.7 Å². The van der Waals surface area contributed by atoms with Crippen molar-refractivity contribution in [1.82, 2.24) is 5.32 Å². The molecule has 0 spiro atoms. The van der Waals surface area contributed by atoms with Crippen molar-refractivity contribution in [2.75, 3.05) is 24.0 Å². The Morgan fingerprint density at radius 2 is 1.90 bits per heavy atom. The Morgan fingerprint density at radius 3 is 2.53 bits per heavy atom. The van der Waals surface area contributed by atoms with Gasteiger partial charge in [-0.2, -0.15) is 0 Å². The molecule has 0 aliphatic carbocycles. The van der Waals surface area contributed by atoms with Crippen molar-refractivity contribution < 1.29 is 22.7 Å². The molecule has 0 aromatic heterocycles. The molecule has 2 aromatic rings. The van der Waals surface area contributed by atoms with E-state index in [-0.39, 0.29) is 17.0 Å². The van der Waals surface area contributed by atoms with Crippen molar-refractivity contribution >= 4 is 39.2 Å². The van der Waals surface area contributed by atoms with Gasteiger partial charge in [-0.05, 0) is 48.9 Å². The molecule has 160 valence electrons. The van der Waals surface area contributed by atoms with Gasteiger partial charge in [-0.25, -0.2) is 13.2 Å². The third-order valence-electron chi connectivity index (χ3n) is 3.97. The molecule has 7 nitrogen and oxygen atoms in total. The number of halogens is 1. The quantitative estimate of drug-likeness (QED) is 0.442. The Balaban J connectivity index is 2.25. The number of esters is 1. The maximum Gasteiger partial charge on any atom is 0.338 e. The average Bonchev–Trinajstić information content (AvgIpc) is 2.75. The zero-order valence-electron chi connectivity index (χ0n) is 16.5. The van der Waals surface area contributed by atoms with Gasteiger partial charge in [0.05, 0.1) is 22.7 Å². The number of benzene rings is 2. The van der Waals surface area contributed by atoms with Crippen LogP contribution in [0.3, 0.4) is 0 Å². The van der Waals surface area contributed by atoms with Crippen LogP contribution in [0.5, 0.6) is 0 Å². The lowest BCUT2D eigenvalue weighted by Crippen LogP contribution is -2.31. The number of amides is 1. The smallest absolute Gasteiger partial charge is 0.338 e. The zero-order chi connectivity index (χ0) is 22.1. The Bertz CT molecular complexity index is 1010. The number of hydrogen-bond acceptors (Lipinski definition) is 5. The lowest BCUT2D eigenvalue weighted by Gasteiger charge is -2.23. The minimum atomic E-state index is -4.00. The molecule has 0 saturated heterocycles. The third kappa shape index (κ3) is 6.08. The largest absolute Gasteiger partial charge is 0.452 e. The predicted molar refractivity (Wildman–Crippen MR) is 116 cm³/mol. The van der Waals surface area contributed by atoms with Crippen LogP contribution in [-0.4, -0.2) is 40.0 Å².